The van der Waals surface area contributed by atoms with Crippen molar-refractivity contribution in [3.05, 3.63) is 35.5 Å². The Morgan fingerprint density at radius 3 is 2.66 bits per heavy atom. The van der Waals surface area contributed by atoms with Crippen molar-refractivity contribution in [2.75, 3.05) is 19.6 Å². The molecule has 198 valence electrons. The fourth-order valence-electron chi connectivity index (χ4n) is 8.03. The van der Waals surface area contributed by atoms with Gasteiger partial charge >= 0.3 is 0 Å². The maximum atomic E-state index is 14.0. The van der Waals surface area contributed by atoms with Crippen molar-refractivity contribution in [1.82, 2.24) is 4.90 Å². The molecule has 5 heteroatoms. The number of halogens is 2. The number of nitrogens with zero attached hydrogens (tertiary/aromatic N) is 1. The highest BCUT2D eigenvalue weighted by Gasteiger charge is 2.51. The lowest BCUT2D eigenvalue weighted by Crippen LogP contribution is -2.46. The molecule has 8 atom stereocenters. The summed E-state index contributed by atoms with van der Waals surface area (Å²) in [7, 11) is 0. The van der Waals surface area contributed by atoms with Gasteiger partial charge in [0.15, 0.2) is 0 Å². The van der Waals surface area contributed by atoms with E-state index in [1.165, 1.54) is 31.3 Å². The number of rotatable bonds is 5. The molecule has 0 amide bonds. The Balaban J connectivity index is 1.45. The van der Waals surface area contributed by atoms with Gasteiger partial charge in [-0.15, -0.1) is 0 Å². The molecular formula is C30H47F2NO2. The summed E-state index contributed by atoms with van der Waals surface area (Å²) >= 11 is 0. The monoisotopic (exact) mass is 491 g/mol. The SMILES string of the molecule is C=C1/C(=C\C=C2/CCC[C@]3(C)[C@@H]([C@H](C)CN4CCC[C@H](C(C)(F)F)C4)CC[C@@H]23)C[C@@H](O)[C@H](C)[C@@H]1O. The number of likely N-dealkylation sites (tertiary alicyclic amines) is 1. The van der Waals surface area contributed by atoms with Crippen LogP contribution in [0.4, 0.5) is 8.78 Å². The molecule has 0 aromatic carbocycles. The maximum absolute atomic E-state index is 14.0. The molecule has 4 aliphatic rings. The average Bonchev–Trinajstić information content (AvgIpc) is 3.16. The highest BCUT2D eigenvalue weighted by Crippen LogP contribution is 2.59. The fraction of sp³-hybridized carbons (Fsp3) is 0.800. The van der Waals surface area contributed by atoms with Gasteiger partial charge in [0.25, 0.3) is 0 Å². The lowest BCUT2D eigenvalue weighted by Gasteiger charge is -2.46. The number of allylic oxidation sites excluding steroid dienone is 3. The summed E-state index contributed by atoms with van der Waals surface area (Å²) in [6, 6.07) is 0. The molecule has 0 radical (unpaired) electrons. The number of hydrogen-bond acceptors (Lipinski definition) is 3. The maximum Gasteiger partial charge on any atom is 0.249 e. The predicted molar refractivity (Wildman–Crippen MR) is 138 cm³/mol. The molecule has 1 saturated heterocycles. The molecular weight excluding hydrogens is 444 g/mol. The van der Waals surface area contributed by atoms with Crippen LogP contribution in [-0.2, 0) is 0 Å². The first-order valence-electron chi connectivity index (χ1n) is 14.0. The second-order valence-corrected chi connectivity index (χ2v) is 12.7. The topological polar surface area (TPSA) is 43.7 Å². The molecule has 1 aliphatic heterocycles. The molecule has 0 spiro atoms. The van der Waals surface area contributed by atoms with E-state index in [1.807, 2.05) is 6.92 Å². The van der Waals surface area contributed by atoms with E-state index in [4.69, 9.17) is 0 Å². The first kappa shape index (κ1) is 27.0. The van der Waals surface area contributed by atoms with Gasteiger partial charge in [0, 0.05) is 24.9 Å². The third kappa shape index (κ3) is 5.48. The summed E-state index contributed by atoms with van der Waals surface area (Å²) < 4.78 is 27.9. The zero-order valence-electron chi connectivity index (χ0n) is 22.3. The first-order valence-corrected chi connectivity index (χ1v) is 14.0. The summed E-state index contributed by atoms with van der Waals surface area (Å²) in [6.45, 7) is 14.3. The highest BCUT2D eigenvalue weighted by atomic mass is 19.3. The number of piperidine rings is 1. The fourth-order valence-corrected chi connectivity index (χ4v) is 8.03. The molecule has 1 heterocycles. The number of aliphatic hydroxyl groups excluding tert-OH is 2. The van der Waals surface area contributed by atoms with E-state index in [0.717, 1.165) is 44.0 Å². The Morgan fingerprint density at radius 1 is 1.20 bits per heavy atom. The van der Waals surface area contributed by atoms with Gasteiger partial charge in [0.2, 0.25) is 5.92 Å². The zero-order chi connectivity index (χ0) is 25.5. The van der Waals surface area contributed by atoms with Gasteiger partial charge in [-0.1, -0.05) is 45.1 Å². The van der Waals surface area contributed by atoms with Gasteiger partial charge in [0.05, 0.1) is 12.2 Å². The summed E-state index contributed by atoms with van der Waals surface area (Å²) in [6.07, 6.45) is 11.2. The largest absolute Gasteiger partial charge is 0.392 e. The van der Waals surface area contributed by atoms with E-state index in [9.17, 15) is 19.0 Å². The zero-order valence-corrected chi connectivity index (χ0v) is 22.3. The molecule has 3 saturated carbocycles. The minimum Gasteiger partial charge on any atom is -0.392 e. The van der Waals surface area contributed by atoms with Crippen molar-refractivity contribution in [2.24, 2.45) is 35.0 Å². The molecule has 3 aliphatic carbocycles. The van der Waals surface area contributed by atoms with Crippen molar-refractivity contribution in [2.45, 2.75) is 97.2 Å². The summed E-state index contributed by atoms with van der Waals surface area (Å²) in [4.78, 5) is 2.31. The van der Waals surface area contributed by atoms with Crippen LogP contribution in [-0.4, -0.2) is 52.9 Å². The Labute approximate surface area is 211 Å². The smallest absolute Gasteiger partial charge is 0.249 e. The van der Waals surface area contributed by atoms with Crippen LogP contribution < -0.4 is 0 Å². The number of alkyl halides is 2. The number of hydrogen-bond donors (Lipinski definition) is 2. The second kappa shape index (κ2) is 10.4. The minimum atomic E-state index is -2.59. The molecule has 0 bridgehead atoms. The highest BCUT2D eigenvalue weighted by molar-refractivity contribution is 5.39. The summed E-state index contributed by atoms with van der Waals surface area (Å²) in [5.74, 6) is -1.61. The average molecular weight is 492 g/mol. The Bertz CT molecular complexity index is 846. The van der Waals surface area contributed by atoms with Crippen LogP contribution in [0.1, 0.15) is 79.1 Å². The minimum absolute atomic E-state index is 0.180. The quantitative estimate of drug-likeness (QED) is 0.469. The predicted octanol–water partition coefficient (Wildman–Crippen LogP) is 6.38. The number of aliphatic hydroxyl groups is 2. The Hall–Kier alpha value is -1.04. The summed E-state index contributed by atoms with van der Waals surface area (Å²) in [5, 5.41) is 20.8. The van der Waals surface area contributed by atoms with Crippen molar-refractivity contribution in [3.63, 3.8) is 0 Å². The van der Waals surface area contributed by atoms with Gasteiger partial charge < -0.3 is 15.1 Å². The van der Waals surface area contributed by atoms with Crippen LogP contribution in [0, 0.1) is 35.0 Å². The van der Waals surface area contributed by atoms with Crippen molar-refractivity contribution < 1.29 is 19.0 Å². The molecule has 4 fully saturated rings. The van der Waals surface area contributed by atoms with Gasteiger partial charge in [-0.25, -0.2) is 8.78 Å². The van der Waals surface area contributed by atoms with Crippen LogP contribution >= 0.6 is 0 Å². The van der Waals surface area contributed by atoms with Crippen LogP contribution in [0.3, 0.4) is 0 Å². The van der Waals surface area contributed by atoms with Gasteiger partial charge in [-0.3, -0.25) is 0 Å². The van der Waals surface area contributed by atoms with Crippen LogP contribution in [0.15, 0.2) is 35.5 Å². The third-order valence-corrected chi connectivity index (χ3v) is 10.3. The van der Waals surface area contributed by atoms with E-state index in [0.29, 0.717) is 37.1 Å². The molecule has 0 aromatic rings. The molecule has 2 N–H and O–H groups in total. The van der Waals surface area contributed by atoms with Gasteiger partial charge in [-0.2, -0.15) is 0 Å². The third-order valence-electron chi connectivity index (χ3n) is 10.3. The van der Waals surface area contributed by atoms with Crippen molar-refractivity contribution in [1.29, 1.82) is 0 Å². The van der Waals surface area contributed by atoms with E-state index < -0.39 is 24.0 Å². The lowest BCUT2D eigenvalue weighted by molar-refractivity contribution is -0.0695. The lowest BCUT2D eigenvalue weighted by atomic mass is 9.61. The van der Waals surface area contributed by atoms with Crippen LogP contribution in [0.5, 0.6) is 0 Å². The number of fused-ring (bicyclic) bond motifs is 1. The Kier molecular flexibility index (Phi) is 8.01. The molecule has 35 heavy (non-hydrogen) atoms. The van der Waals surface area contributed by atoms with Gasteiger partial charge in [0.1, 0.15) is 0 Å². The van der Waals surface area contributed by atoms with E-state index in [1.54, 1.807) is 0 Å². The van der Waals surface area contributed by atoms with Crippen molar-refractivity contribution >= 4 is 0 Å². The normalized spacial score (nSPS) is 42.5. The standard InChI is InChI=1S/C30H47F2NO2/c1-19(17-33-15-7-9-24(18-33)30(5,31)32)25-12-13-26-22(8-6-14-29(25,26)4)10-11-23-16-27(34)21(3)28(35)20(23)2/h10-11,19,21,24-28,34-35H,2,6-9,12-18H2,1,3-5H3/b22-10+,23-11-/t19-,21+,24+,25-,26+,27-,28-,29-/m1/s1. The summed E-state index contributed by atoms with van der Waals surface area (Å²) in [5.41, 5.74) is 3.47. The Morgan fingerprint density at radius 2 is 1.94 bits per heavy atom. The van der Waals surface area contributed by atoms with E-state index >= 15 is 0 Å². The van der Waals surface area contributed by atoms with Crippen LogP contribution in [0.25, 0.3) is 0 Å². The molecule has 4 rings (SSSR count). The molecule has 0 unspecified atom stereocenters. The van der Waals surface area contributed by atoms with Crippen molar-refractivity contribution in [3.8, 4) is 0 Å². The van der Waals surface area contributed by atoms with Gasteiger partial charge in [-0.05, 0) is 99.1 Å². The van der Waals surface area contributed by atoms with E-state index in [2.05, 4.69) is 37.5 Å². The van der Waals surface area contributed by atoms with Crippen LogP contribution in [0.2, 0.25) is 0 Å². The van der Waals surface area contributed by atoms with E-state index in [-0.39, 0.29) is 11.3 Å². The first-order chi connectivity index (χ1) is 16.4. The second-order valence-electron chi connectivity index (χ2n) is 12.7. The molecule has 0 aromatic heterocycles. The molecule has 3 nitrogen and oxygen atoms in total.